The third-order valence-electron chi connectivity index (χ3n) is 4.46. The van der Waals surface area contributed by atoms with Gasteiger partial charge in [-0.25, -0.2) is 0 Å². The number of rotatable bonds is 8. The van der Waals surface area contributed by atoms with Crippen LogP contribution >= 0.6 is 11.3 Å². The number of carbonyl (C=O) groups is 1. The van der Waals surface area contributed by atoms with E-state index in [1.165, 1.54) is 11.3 Å². The number of ether oxygens (including phenoxy) is 1. The zero-order valence-corrected chi connectivity index (χ0v) is 15.1. The number of likely N-dealkylation sites (N-methyl/N-ethyl adjacent to an activating group) is 1. The molecule has 1 fully saturated rings. The largest absolute Gasteiger partial charge is 0.497 e. The summed E-state index contributed by atoms with van der Waals surface area (Å²) in [5.74, 6) is 0.0421. The molecule has 2 N–H and O–H groups in total. The first-order valence-electron chi connectivity index (χ1n) is 8.29. The third-order valence-corrected chi connectivity index (χ3v) is 5.37. The van der Waals surface area contributed by atoms with E-state index in [0.717, 1.165) is 40.8 Å². The molecule has 0 aliphatic heterocycles. The Labute approximate surface area is 150 Å². The molecule has 1 aliphatic carbocycles. The van der Waals surface area contributed by atoms with Gasteiger partial charge in [-0.3, -0.25) is 9.69 Å². The summed E-state index contributed by atoms with van der Waals surface area (Å²) in [6, 6.07) is 8.39. The summed E-state index contributed by atoms with van der Waals surface area (Å²) in [6.45, 7) is 2.86. The van der Waals surface area contributed by atoms with Crippen molar-refractivity contribution in [2.45, 2.75) is 31.8 Å². The number of aromatic nitrogens is 2. The van der Waals surface area contributed by atoms with Crippen LogP contribution in [0.2, 0.25) is 0 Å². The normalized spacial score (nSPS) is 19.5. The Bertz CT molecular complexity index is 713. The van der Waals surface area contributed by atoms with Gasteiger partial charge in [-0.2, -0.15) is 0 Å². The lowest BCUT2D eigenvalue weighted by atomic mass is 9.85. The molecule has 0 bridgehead atoms. The van der Waals surface area contributed by atoms with Crippen molar-refractivity contribution < 1.29 is 14.6 Å². The zero-order valence-electron chi connectivity index (χ0n) is 14.3. The fourth-order valence-electron chi connectivity index (χ4n) is 2.98. The van der Waals surface area contributed by atoms with E-state index < -0.39 is 5.97 Å². The van der Waals surface area contributed by atoms with E-state index in [9.17, 15) is 4.79 Å². The minimum absolute atomic E-state index is 0.105. The molecule has 1 aromatic carbocycles. The van der Waals surface area contributed by atoms with Gasteiger partial charge in [0.05, 0.1) is 13.7 Å². The average molecular weight is 362 g/mol. The highest BCUT2D eigenvalue weighted by Gasteiger charge is 2.34. The standard InChI is InChI=1S/C17H22N4O3S/c1-3-21(10-15(22)23)13-8-12(9-13)18-17-20-19-16(25-17)11-4-6-14(24-2)7-5-11/h4-7,12-13H,3,8-10H2,1-2H3,(H,18,20)(H,22,23). The summed E-state index contributed by atoms with van der Waals surface area (Å²) in [5.41, 5.74) is 1.01. The minimum Gasteiger partial charge on any atom is -0.497 e. The molecule has 3 rings (SSSR count). The number of aliphatic carboxylic acids is 1. The first kappa shape index (κ1) is 17.6. The van der Waals surface area contributed by atoms with Crippen LogP contribution in [0.4, 0.5) is 5.13 Å². The minimum atomic E-state index is -0.772. The maximum absolute atomic E-state index is 10.9. The Kier molecular flexibility index (Phi) is 5.50. The molecule has 0 radical (unpaired) electrons. The van der Waals surface area contributed by atoms with E-state index in [1.54, 1.807) is 7.11 Å². The van der Waals surface area contributed by atoms with Crippen LogP contribution in [-0.2, 0) is 4.79 Å². The van der Waals surface area contributed by atoms with Gasteiger partial charge >= 0.3 is 5.97 Å². The number of benzene rings is 1. The van der Waals surface area contributed by atoms with Crippen LogP contribution in [0.1, 0.15) is 19.8 Å². The molecule has 134 valence electrons. The first-order chi connectivity index (χ1) is 12.1. The second kappa shape index (κ2) is 7.79. The summed E-state index contributed by atoms with van der Waals surface area (Å²) in [5, 5.41) is 22.5. The van der Waals surface area contributed by atoms with E-state index in [-0.39, 0.29) is 6.54 Å². The number of hydrogen-bond donors (Lipinski definition) is 2. The average Bonchev–Trinajstić information content (AvgIpc) is 3.04. The zero-order chi connectivity index (χ0) is 17.8. The SMILES string of the molecule is CCN(CC(=O)O)C1CC(Nc2nnc(-c3ccc(OC)cc3)s2)C1. The van der Waals surface area contributed by atoms with E-state index in [2.05, 4.69) is 15.5 Å². The number of carboxylic acid groups (broad SMARTS) is 1. The van der Waals surface area contributed by atoms with E-state index >= 15 is 0 Å². The molecule has 1 aromatic heterocycles. The lowest BCUT2D eigenvalue weighted by molar-refractivity contribution is -0.139. The topological polar surface area (TPSA) is 87.6 Å². The van der Waals surface area contributed by atoms with Gasteiger partial charge in [-0.1, -0.05) is 18.3 Å². The molecule has 0 saturated heterocycles. The number of nitrogens with one attached hydrogen (secondary N) is 1. The van der Waals surface area contributed by atoms with Crippen molar-refractivity contribution in [2.75, 3.05) is 25.5 Å². The summed E-state index contributed by atoms with van der Waals surface area (Å²) < 4.78 is 5.16. The Morgan fingerprint density at radius 2 is 2.08 bits per heavy atom. The van der Waals surface area contributed by atoms with Crippen molar-refractivity contribution >= 4 is 22.4 Å². The van der Waals surface area contributed by atoms with Gasteiger partial charge in [0.1, 0.15) is 10.8 Å². The van der Waals surface area contributed by atoms with Crippen molar-refractivity contribution in [1.82, 2.24) is 15.1 Å². The highest BCUT2D eigenvalue weighted by atomic mass is 32.1. The summed E-state index contributed by atoms with van der Waals surface area (Å²) in [7, 11) is 1.64. The van der Waals surface area contributed by atoms with Gasteiger partial charge in [0.2, 0.25) is 5.13 Å². The van der Waals surface area contributed by atoms with Crippen LogP contribution in [0, 0.1) is 0 Å². The summed E-state index contributed by atoms with van der Waals surface area (Å²) in [4.78, 5) is 12.9. The van der Waals surface area contributed by atoms with Crippen molar-refractivity contribution in [3.8, 4) is 16.3 Å². The van der Waals surface area contributed by atoms with E-state index in [0.29, 0.717) is 12.1 Å². The number of nitrogens with zero attached hydrogens (tertiary/aromatic N) is 3. The van der Waals surface area contributed by atoms with Crippen molar-refractivity contribution in [2.24, 2.45) is 0 Å². The predicted molar refractivity (Wildman–Crippen MR) is 97.2 cm³/mol. The monoisotopic (exact) mass is 362 g/mol. The lowest BCUT2D eigenvalue weighted by Crippen LogP contribution is -2.51. The molecule has 8 heteroatoms. The quantitative estimate of drug-likeness (QED) is 0.746. The molecule has 0 atom stereocenters. The molecule has 25 heavy (non-hydrogen) atoms. The first-order valence-corrected chi connectivity index (χ1v) is 9.11. The molecular formula is C17H22N4O3S. The van der Waals surface area contributed by atoms with Crippen LogP contribution in [0.3, 0.4) is 0 Å². The van der Waals surface area contributed by atoms with Crippen molar-refractivity contribution in [1.29, 1.82) is 0 Å². The van der Waals surface area contributed by atoms with Crippen LogP contribution in [-0.4, -0.2) is 58.5 Å². The second-order valence-electron chi connectivity index (χ2n) is 6.06. The number of hydrogen-bond acceptors (Lipinski definition) is 7. The van der Waals surface area contributed by atoms with E-state index in [4.69, 9.17) is 9.84 Å². The van der Waals surface area contributed by atoms with Crippen molar-refractivity contribution in [3.63, 3.8) is 0 Å². The maximum Gasteiger partial charge on any atom is 0.317 e. The molecule has 1 aliphatic rings. The Hall–Kier alpha value is -2.19. The fraction of sp³-hybridized carbons (Fsp3) is 0.471. The molecular weight excluding hydrogens is 340 g/mol. The summed E-state index contributed by atoms with van der Waals surface area (Å²) in [6.07, 6.45) is 1.86. The highest BCUT2D eigenvalue weighted by Crippen LogP contribution is 2.32. The number of carboxylic acids is 1. The lowest BCUT2D eigenvalue weighted by Gasteiger charge is -2.42. The van der Waals surface area contributed by atoms with Crippen LogP contribution < -0.4 is 10.1 Å². The maximum atomic E-state index is 10.9. The number of anilines is 1. The fourth-order valence-corrected chi connectivity index (χ4v) is 3.81. The molecule has 0 spiro atoms. The smallest absolute Gasteiger partial charge is 0.317 e. The second-order valence-corrected chi connectivity index (χ2v) is 7.04. The molecule has 7 nitrogen and oxygen atoms in total. The van der Waals surface area contributed by atoms with Gasteiger partial charge in [0, 0.05) is 17.6 Å². The highest BCUT2D eigenvalue weighted by molar-refractivity contribution is 7.18. The van der Waals surface area contributed by atoms with Gasteiger partial charge < -0.3 is 15.2 Å². The summed E-state index contributed by atoms with van der Waals surface area (Å²) >= 11 is 1.52. The number of methoxy groups -OCH3 is 1. The van der Waals surface area contributed by atoms with Gasteiger partial charge in [-0.15, -0.1) is 10.2 Å². The van der Waals surface area contributed by atoms with Gasteiger partial charge in [0.15, 0.2) is 0 Å². The van der Waals surface area contributed by atoms with E-state index in [1.807, 2.05) is 36.1 Å². The third kappa shape index (κ3) is 4.26. The molecule has 1 saturated carbocycles. The molecule has 1 heterocycles. The van der Waals surface area contributed by atoms with Gasteiger partial charge in [-0.05, 0) is 43.7 Å². The molecule has 0 amide bonds. The van der Waals surface area contributed by atoms with Crippen LogP contribution in [0.15, 0.2) is 24.3 Å². The van der Waals surface area contributed by atoms with Crippen molar-refractivity contribution in [3.05, 3.63) is 24.3 Å². The van der Waals surface area contributed by atoms with Crippen LogP contribution in [0.5, 0.6) is 5.75 Å². The molecule has 2 aromatic rings. The van der Waals surface area contributed by atoms with Crippen LogP contribution in [0.25, 0.3) is 10.6 Å². The Balaban J connectivity index is 1.53. The Morgan fingerprint density at radius 3 is 2.68 bits per heavy atom. The molecule has 0 unspecified atom stereocenters. The van der Waals surface area contributed by atoms with Gasteiger partial charge in [0.25, 0.3) is 0 Å². The Morgan fingerprint density at radius 1 is 1.36 bits per heavy atom. The predicted octanol–water partition coefficient (Wildman–Crippen LogP) is 2.56.